The van der Waals surface area contributed by atoms with Crippen LogP contribution in [0.3, 0.4) is 0 Å². The fourth-order valence-electron chi connectivity index (χ4n) is 2.58. The summed E-state index contributed by atoms with van der Waals surface area (Å²) in [6.07, 6.45) is 1.13. The number of hydrogen-bond acceptors (Lipinski definition) is 7. The number of amides is 3. The molecule has 10 nitrogen and oxygen atoms in total. The van der Waals surface area contributed by atoms with Crippen molar-refractivity contribution in [1.29, 1.82) is 0 Å². The molecule has 0 fully saturated rings. The van der Waals surface area contributed by atoms with E-state index in [1.54, 1.807) is 30.3 Å². The number of aliphatic hydroxyl groups excluding tert-OH is 1. The number of aliphatic carboxylic acids is 1. The van der Waals surface area contributed by atoms with E-state index in [2.05, 4.69) is 16.0 Å². The van der Waals surface area contributed by atoms with Crippen LogP contribution in [-0.2, 0) is 25.6 Å². The number of carbonyl (C=O) groups is 4. The van der Waals surface area contributed by atoms with Crippen molar-refractivity contribution in [3.63, 3.8) is 0 Å². The Morgan fingerprint density at radius 2 is 1.71 bits per heavy atom. The fraction of sp³-hybridized carbons (Fsp3) is 0.500. The summed E-state index contributed by atoms with van der Waals surface area (Å²) in [4.78, 5) is 48.2. The van der Waals surface area contributed by atoms with Gasteiger partial charge in [-0.1, -0.05) is 30.3 Å². The van der Waals surface area contributed by atoms with Crippen LogP contribution in [0.15, 0.2) is 30.3 Å². The molecular formula is C20H30N4O6S. The predicted molar refractivity (Wildman–Crippen MR) is 117 cm³/mol. The molecule has 1 aromatic carbocycles. The highest BCUT2D eigenvalue weighted by Crippen LogP contribution is 2.06. The van der Waals surface area contributed by atoms with E-state index in [1.807, 2.05) is 6.26 Å². The van der Waals surface area contributed by atoms with Crippen LogP contribution in [0.2, 0.25) is 0 Å². The van der Waals surface area contributed by atoms with Crippen LogP contribution in [0.1, 0.15) is 18.9 Å². The van der Waals surface area contributed by atoms with E-state index >= 15 is 0 Å². The highest BCUT2D eigenvalue weighted by Gasteiger charge is 2.27. The van der Waals surface area contributed by atoms with Crippen molar-refractivity contribution in [3.05, 3.63) is 35.9 Å². The molecule has 11 heteroatoms. The quantitative estimate of drug-likeness (QED) is 0.217. The molecule has 4 atom stereocenters. The Morgan fingerprint density at radius 1 is 1.06 bits per heavy atom. The topological polar surface area (TPSA) is 171 Å². The fourth-order valence-corrected chi connectivity index (χ4v) is 3.05. The summed E-state index contributed by atoms with van der Waals surface area (Å²) in [5.74, 6) is -2.61. The van der Waals surface area contributed by atoms with E-state index in [4.69, 9.17) is 5.73 Å². The first-order valence-electron chi connectivity index (χ1n) is 9.72. The van der Waals surface area contributed by atoms with Crippen molar-refractivity contribution >= 4 is 35.5 Å². The second-order valence-corrected chi connectivity index (χ2v) is 7.96. The van der Waals surface area contributed by atoms with Crippen LogP contribution in [0.5, 0.6) is 0 Å². The van der Waals surface area contributed by atoms with Gasteiger partial charge in [0.05, 0.1) is 12.6 Å². The van der Waals surface area contributed by atoms with E-state index in [-0.39, 0.29) is 12.8 Å². The molecule has 0 aliphatic rings. The number of benzene rings is 1. The second-order valence-electron chi connectivity index (χ2n) is 6.97. The van der Waals surface area contributed by atoms with Gasteiger partial charge in [-0.15, -0.1) is 0 Å². The van der Waals surface area contributed by atoms with Crippen LogP contribution in [0.4, 0.5) is 0 Å². The smallest absolute Gasteiger partial charge is 0.326 e. The van der Waals surface area contributed by atoms with Crippen molar-refractivity contribution in [1.82, 2.24) is 16.0 Å². The van der Waals surface area contributed by atoms with Crippen molar-refractivity contribution in [2.45, 2.75) is 44.0 Å². The molecule has 0 heterocycles. The lowest BCUT2D eigenvalue weighted by Crippen LogP contribution is -2.54. The van der Waals surface area contributed by atoms with Crippen LogP contribution in [0, 0.1) is 0 Å². The number of nitrogens with one attached hydrogen (secondary N) is 3. The predicted octanol–water partition coefficient (Wildman–Crippen LogP) is -1.14. The lowest BCUT2D eigenvalue weighted by Gasteiger charge is -2.22. The van der Waals surface area contributed by atoms with Gasteiger partial charge in [-0.3, -0.25) is 14.4 Å². The zero-order chi connectivity index (χ0) is 23.4. The van der Waals surface area contributed by atoms with Gasteiger partial charge >= 0.3 is 5.97 Å². The molecular weight excluding hydrogens is 424 g/mol. The second kappa shape index (κ2) is 13.6. The molecule has 0 aliphatic heterocycles. The first kappa shape index (κ1) is 26.4. The average molecular weight is 455 g/mol. The maximum Gasteiger partial charge on any atom is 0.326 e. The van der Waals surface area contributed by atoms with Gasteiger partial charge in [-0.25, -0.2) is 4.79 Å². The molecule has 3 amide bonds. The molecule has 4 unspecified atom stereocenters. The minimum absolute atomic E-state index is 0.0956. The zero-order valence-corrected chi connectivity index (χ0v) is 18.4. The van der Waals surface area contributed by atoms with E-state index in [0.29, 0.717) is 5.75 Å². The monoisotopic (exact) mass is 454 g/mol. The van der Waals surface area contributed by atoms with Gasteiger partial charge in [0.25, 0.3) is 0 Å². The Kier molecular flexibility index (Phi) is 11.6. The number of carboxylic acid groups (broad SMARTS) is 1. The molecule has 1 rings (SSSR count). The first-order valence-corrected chi connectivity index (χ1v) is 11.1. The number of aliphatic hydroxyl groups is 1. The maximum atomic E-state index is 12.7. The van der Waals surface area contributed by atoms with Crippen molar-refractivity contribution in [3.8, 4) is 0 Å². The van der Waals surface area contributed by atoms with Gasteiger partial charge in [0.2, 0.25) is 17.7 Å². The van der Waals surface area contributed by atoms with Crippen LogP contribution < -0.4 is 21.7 Å². The van der Waals surface area contributed by atoms with Gasteiger partial charge in [0.1, 0.15) is 18.1 Å². The number of thioether (sulfide) groups is 1. The van der Waals surface area contributed by atoms with E-state index in [0.717, 1.165) is 5.56 Å². The van der Waals surface area contributed by atoms with Crippen LogP contribution in [-0.4, -0.2) is 76.7 Å². The lowest BCUT2D eigenvalue weighted by atomic mass is 10.1. The third-order valence-corrected chi connectivity index (χ3v) is 5.05. The largest absolute Gasteiger partial charge is 0.480 e. The number of nitrogens with two attached hydrogens (primary N) is 1. The third-order valence-electron chi connectivity index (χ3n) is 4.41. The average Bonchev–Trinajstić information content (AvgIpc) is 2.74. The minimum atomic E-state index is -1.19. The van der Waals surface area contributed by atoms with Crippen molar-refractivity contribution in [2.75, 3.05) is 18.6 Å². The Morgan fingerprint density at radius 3 is 2.26 bits per heavy atom. The van der Waals surface area contributed by atoms with Gasteiger partial charge < -0.3 is 31.9 Å². The first-order chi connectivity index (χ1) is 14.6. The molecule has 172 valence electrons. The van der Waals surface area contributed by atoms with Gasteiger partial charge in [0, 0.05) is 6.42 Å². The van der Waals surface area contributed by atoms with Crippen molar-refractivity contribution in [2.24, 2.45) is 5.73 Å². The Hall–Kier alpha value is -2.63. The van der Waals surface area contributed by atoms with E-state index < -0.39 is 54.5 Å². The van der Waals surface area contributed by atoms with Crippen LogP contribution >= 0.6 is 11.8 Å². The van der Waals surface area contributed by atoms with E-state index in [9.17, 15) is 29.4 Å². The summed E-state index contributed by atoms with van der Waals surface area (Å²) in [6, 6.07) is 5.55. The molecule has 7 N–H and O–H groups in total. The molecule has 0 radical (unpaired) electrons. The Balaban J connectivity index is 2.72. The Bertz CT molecular complexity index is 746. The molecule has 0 saturated heterocycles. The summed E-state index contributed by atoms with van der Waals surface area (Å²) in [6.45, 7) is 0.913. The number of carbonyl (C=O) groups excluding carboxylic acids is 3. The zero-order valence-electron chi connectivity index (χ0n) is 17.5. The summed E-state index contributed by atoms with van der Waals surface area (Å²) in [5, 5.41) is 26.1. The molecule has 0 aliphatic carbocycles. The van der Waals surface area contributed by atoms with E-state index in [1.165, 1.54) is 18.7 Å². The minimum Gasteiger partial charge on any atom is -0.480 e. The molecule has 0 saturated carbocycles. The summed E-state index contributed by atoms with van der Waals surface area (Å²) in [7, 11) is 0. The number of carboxylic acids is 1. The molecule has 31 heavy (non-hydrogen) atoms. The van der Waals surface area contributed by atoms with Gasteiger partial charge in [-0.05, 0) is 30.9 Å². The molecule has 0 spiro atoms. The summed E-state index contributed by atoms with van der Waals surface area (Å²) < 4.78 is 0. The van der Waals surface area contributed by atoms with Crippen LogP contribution in [0.25, 0.3) is 0 Å². The highest BCUT2D eigenvalue weighted by atomic mass is 32.2. The summed E-state index contributed by atoms with van der Waals surface area (Å²) >= 11 is 1.47. The number of rotatable bonds is 13. The standard InChI is InChI=1S/C20H30N4O6S/c1-12(25)17(21)19(28)22-11-16(26)23-14(8-9-31-2)18(27)24-15(20(29)30)10-13-6-4-3-5-7-13/h3-7,12,14-15,17,25H,8-11,21H2,1-2H3,(H,22,28)(H,23,26)(H,24,27)(H,29,30). The van der Waals surface area contributed by atoms with Gasteiger partial charge in [-0.2, -0.15) is 11.8 Å². The summed E-state index contributed by atoms with van der Waals surface area (Å²) in [5.41, 5.74) is 6.24. The van der Waals surface area contributed by atoms with Gasteiger partial charge in [0.15, 0.2) is 0 Å². The van der Waals surface area contributed by atoms with Crippen molar-refractivity contribution < 1.29 is 29.4 Å². The molecule has 1 aromatic rings. The molecule has 0 bridgehead atoms. The highest BCUT2D eigenvalue weighted by molar-refractivity contribution is 7.98. The number of hydrogen-bond donors (Lipinski definition) is 6. The maximum absolute atomic E-state index is 12.7. The normalized spacial score (nSPS) is 14.6. The lowest BCUT2D eigenvalue weighted by molar-refractivity contribution is -0.142. The third kappa shape index (κ3) is 9.81. The SMILES string of the molecule is CSCCC(NC(=O)CNC(=O)C(N)C(C)O)C(=O)NC(Cc1ccccc1)C(=O)O. The molecule has 0 aromatic heterocycles. The Labute approximate surface area is 185 Å².